The van der Waals surface area contributed by atoms with Crippen LogP contribution in [0.5, 0.6) is 0 Å². The number of hydrogen-bond donors (Lipinski definition) is 2. The monoisotopic (exact) mass is 492 g/mol. The molecule has 1 aliphatic carbocycles. The normalized spacial score (nSPS) is 17.1. The van der Waals surface area contributed by atoms with Gasteiger partial charge in [-0.25, -0.2) is 9.59 Å². The summed E-state index contributed by atoms with van der Waals surface area (Å²) >= 11 is 0. The molecule has 2 aliphatic rings. The zero-order valence-electron chi connectivity index (χ0n) is 22.5. The van der Waals surface area contributed by atoms with Gasteiger partial charge < -0.3 is 20.1 Å². The maximum atomic E-state index is 13.2. The van der Waals surface area contributed by atoms with Crippen molar-refractivity contribution in [2.45, 2.75) is 104 Å². The average Bonchev–Trinajstić information content (AvgIpc) is 3.27. The van der Waals surface area contributed by atoms with Crippen molar-refractivity contribution >= 4 is 12.0 Å². The number of rotatable bonds is 5. The second-order valence-corrected chi connectivity index (χ2v) is 11.5. The lowest BCUT2D eigenvalue weighted by atomic mass is 9.83. The summed E-state index contributed by atoms with van der Waals surface area (Å²) in [6.07, 6.45) is 4.53. The molecule has 2 amide bonds. The van der Waals surface area contributed by atoms with Gasteiger partial charge in [0.25, 0.3) is 0 Å². The molecule has 0 spiro atoms. The van der Waals surface area contributed by atoms with Crippen LogP contribution in [0, 0.1) is 20.8 Å². The summed E-state index contributed by atoms with van der Waals surface area (Å²) < 4.78 is 6.15. The Morgan fingerprint density at radius 1 is 0.972 bits per heavy atom. The number of carboxylic acid groups (broad SMARTS) is 1. The topological polar surface area (TPSA) is 78.9 Å². The highest BCUT2D eigenvalue weighted by Gasteiger charge is 2.36. The van der Waals surface area contributed by atoms with E-state index in [1.54, 1.807) is 0 Å². The van der Waals surface area contributed by atoms with Crippen LogP contribution in [-0.4, -0.2) is 33.6 Å². The second kappa shape index (κ2) is 10.3. The number of ether oxygens (including phenoxy) is 1. The summed E-state index contributed by atoms with van der Waals surface area (Å²) in [5.41, 5.74) is 7.13. The third kappa shape index (κ3) is 5.44. The fourth-order valence-electron chi connectivity index (χ4n) is 5.68. The highest BCUT2D eigenvalue weighted by Crippen LogP contribution is 2.43. The Labute approximate surface area is 215 Å². The van der Waals surface area contributed by atoms with Crippen LogP contribution in [-0.2, 0) is 22.6 Å². The Morgan fingerprint density at radius 3 is 2.11 bits per heavy atom. The lowest BCUT2D eigenvalue weighted by Crippen LogP contribution is -2.43. The van der Waals surface area contributed by atoms with Crippen LogP contribution >= 0.6 is 0 Å². The third-order valence-electron chi connectivity index (χ3n) is 7.53. The van der Waals surface area contributed by atoms with E-state index in [1.165, 1.54) is 6.42 Å². The van der Waals surface area contributed by atoms with E-state index in [0.717, 1.165) is 64.6 Å². The van der Waals surface area contributed by atoms with E-state index in [-0.39, 0.29) is 12.1 Å². The van der Waals surface area contributed by atoms with Gasteiger partial charge in [0.05, 0.1) is 5.60 Å². The molecule has 2 aromatic rings. The number of aryl methyl sites for hydroxylation is 1. The number of carbonyl (C=O) groups is 2. The average molecular weight is 493 g/mol. The molecule has 4 rings (SSSR count). The molecule has 2 N–H and O–H groups in total. The Balaban J connectivity index is 1.79. The van der Waals surface area contributed by atoms with E-state index in [4.69, 9.17) is 4.74 Å². The minimum atomic E-state index is -1.12. The molecule has 1 heterocycles. The molecule has 0 bridgehead atoms. The molecule has 6 heteroatoms. The van der Waals surface area contributed by atoms with E-state index in [0.29, 0.717) is 18.7 Å². The Morgan fingerprint density at radius 2 is 1.56 bits per heavy atom. The SMILES string of the molecule is Cc1ccc(-c2c(C)c3c(c(C)c2C(OC(C)(C)C)C(=O)O)CN(C(=O)NC2CCCCC2)C3)cc1. The molecule has 1 fully saturated rings. The first-order chi connectivity index (χ1) is 17.0. The van der Waals surface area contributed by atoms with Crippen LogP contribution < -0.4 is 5.32 Å². The van der Waals surface area contributed by atoms with Crippen LogP contribution in [0.15, 0.2) is 24.3 Å². The molecule has 36 heavy (non-hydrogen) atoms. The molecule has 0 aromatic heterocycles. The van der Waals surface area contributed by atoms with Gasteiger partial charge in [-0.3, -0.25) is 0 Å². The number of carbonyl (C=O) groups excluding carboxylic acids is 1. The Kier molecular flexibility index (Phi) is 7.46. The molecule has 1 unspecified atom stereocenters. The van der Waals surface area contributed by atoms with Gasteiger partial charge in [0, 0.05) is 24.7 Å². The smallest absolute Gasteiger partial charge is 0.337 e. The molecule has 1 saturated carbocycles. The molecule has 6 nitrogen and oxygen atoms in total. The van der Waals surface area contributed by atoms with Crippen molar-refractivity contribution < 1.29 is 19.4 Å². The summed E-state index contributed by atoms with van der Waals surface area (Å²) in [6, 6.07) is 8.40. The van der Waals surface area contributed by atoms with Crippen molar-refractivity contribution in [1.82, 2.24) is 10.2 Å². The minimum Gasteiger partial charge on any atom is -0.479 e. The molecular weight excluding hydrogens is 452 g/mol. The molecule has 0 radical (unpaired) electrons. The van der Waals surface area contributed by atoms with Crippen molar-refractivity contribution in [3.63, 3.8) is 0 Å². The molecule has 194 valence electrons. The summed E-state index contributed by atoms with van der Waals surface area (Å²) in [5.74, 6) is -1.01. The zero-order chi connectivity index (χ0) is 26.2. The Bertz CT molecular complexity index is 1140. The van der Waals surface area contributed by atoms with Gasteiger partial charge in [-0.1, -0.05) is 49.1 Å². The zero-order valence-corrected chi connectivity index (χ0v) is 22.5. The summed E-state index contributed by atoms with van der Waals surface area (Å²) in [4.78, 5) is 27.6. The van der Waals surface area contributed by atoms with Crippen LogP contribution in [0.4, 0.5) is 4.79 Å². The summed E-state index contributed by atoms with van der Waals surface area (Å²) in [6.45, 7) is 12.7. The van der Waals surface area contributed by atoms with Crippen molar-refractivity contribution in [1.29, 1.82) is 0 Å². The van der Waals surface area contributed by atoms with E-state index in [9.17, 15) is 14.7 Å². The maximum Gasteiger partial charge on any atom is 0.337 e. The predicted octanol–water partition coefficient (Wildman–Crippen LogP) is 6.58. The van der Waals surface area contributed by atoms with Crippen LogP contribution in [0.25, 0.3) is 11.1 Å². The number of carboxylic acids is 1. The first kappa shape index (κ1) is 26.2. The van der Waals surface area contributed by atoms with E-state index in [1.807, 2.05) is 63.8 Å². The second-order valence-electron chi connectivity index (χ2n) is 11.5. The van der Waals surface area contributed by atoms with E-state index in [2.05, 4.69) is 12.2 Å². The van der Waals surface area contributed by atoms with Gasteiger partial charge in [0.15, 0.2) is 6.10 Å². The minimum absolute atomic E-state index is 0.0314. The fourth-order valence-corrected chi connectivity index (χ4v) is 5.68. The summed E-state index contributed by atoms with van der Waals surface area (Å²) in [7, 11) is 0. The van der Waals surface area contributed by atoms with E-state index < -0.39 is 17.7 Å². The van der Waals surface area contributed by atoms with Crippen molar-refractivity contribution in [2.24, 2.45) is 0 Å². The van der Waals surface area contributed by atoms with Gasteiger partial charge in [0.2, 0.25) is 0 Å². The number of amides is 2. The lowest BCUT2D eigenvalue weighted by molar-refractivity contribution is -0.160. The molecular formula is C30H40N2O4. The highest BCUT2D eigenvalue weighted by molar-refractivity contribution is 5.85. The number of nitrogens with one attached hydrogen (secondary N) is 1. The number of benzene rings is 2. The van der Waals surface area contributed by atoms with Gasteiger partial charge >= 0.3 is 12.0 Å². The molecule has 1 atom stereocenters. The predicted molar refractivity (Wildman–Crippen MR) is 142 cm³/mol. The number of hydrogen-bond acceptors (Lipinski definition) is 3. The molecule has 0 saturated heterocycles. The van der Waals surface area contributed by atoms with Gasteiger partial charge in [-0.15, -0.1) is 0 Å². The molecule has 2 aromatic carbocycles. The number of urea groups is 1. The van der Waals surface area contributed by atoms with Crippen LogP contribution in [0.2, 0.25) is 0 Å². The quantitative estimate of drug-likeness (QED) is 0.494. The summed E-state index contributed by atoms with van der Waals surface area (Å²) in [5, 5.41) is 13.5. The highest BCUT2D eigenvalue weighted by atomic mass is 16.5. The molecule has 1 aliphatic heterocycles. The van der Waals surface area contributed by atoms with Crippen LogP contribution in [0.1, 0.15) is 92.4 Å². The van der Waals surface area contributed by atoms with Gasteiger partial charge in [-0.05, 0) is 87.8 Å². The van der Waals surface area contributed by atoms with Crippen molar-refractivity contribution in [3.8, 4) is 11.1 Å². The number of aliphatic carboxylic acids is 1. The first-order valence-electron chi connectivity index (χ1n) is 13.1. The van der Waals surface area contributed by atoms with Crippen molar-refractivity contribution in [2.75, 3.05) is 0 Å². The van der Waals surface area contributed by atoms with Crippen LogP contribution in [0.3, 0.4) is 0 Å². The maximum absolute atomic E-state index is 13.2. The number of fused-ring (bicyclic) bond motifs is 1. The number of nitrogens with zero attached hydrogens (tertiary/aromatic N) is 1. The largest absolute Gasteiger partial charge is 0.479 e. The van der Waals surface area contributed by atoms with Crippen molar-refractivity contribution in [3.05, 3.63) is 57.6 Å². The van der Waals surface area contributed by atoms with E-state index >= 15 is 0 Å². The van der Waals surface area contributed by atoms with Gasteiger partial charge in [-0.2, -0.15) is 0 Å². The fraction of sp³-hybridized carbons (Fsp3) is 0.533. The Hall–Kier alpha value is -2.86. The standard InChI is InChI=1S/C30H40N2O4/c1-18-12-14-21(15-13-18)25-19(2)23-16-32(29(35)31-22-10-8-7-9-11-22)17-24(23)20(3)26(25)27(28(33)34)36-30(4,5)6/h12-15,22,27H,7-11,16-17H2,1-6H3,(H,31,35)(H,33,34). The lowest BCUT2D eigenvalue weighted by Gasteiger charge is -2.29. The third-order valence-corrected chi connectivity index (χ3v) is 7.53. The first-order valence-corrected chi connectivity index (χ1v) is 13.1. The van der Waals surface area contributed by atoms with Gasteiger partial charge in [0.1, 0.15) is 0 Å².